The molecular weight excluding hydrogens is 224 g/mol. The van der Waals surface area contributed by atoms with E-state index in [-0.39, 0.29) is 10.7 Å². The largest absolute Gasteiger partial charge is 0.264 e. The Hall–Kier alpha value is -1.12. The molecule has 0 aliphatic heterocycles. The molecule has 0 bridgehead atoms. The average Bonchev–Trinajstić information content (AvgIpc) is 2.14. The summed E-state index contributed by atoms with van der Waals surface area (Å²) < 4.78 is 21.6. The number of nitrogens with zero attached hydrogens (tertiary/aromatic N) is 2. The van der Waals surface area contributed by atoms with E-state index >= 15 is 0 Å². The highest BCUT2D eigenvalue weighted by atomic mass is 35.7. The fraction of sp³-hybridized carbons (Fsp3) is 0.250. The van der Waals surface area contributed by atoms with Gasteiger partial charge in [0.15, 0.2) is 0 Å². The van der Waals surface area contributed by atoms with Crippen LogP contribution in [0.2, 0.25) is 0 Å². The minimum absolute atomic E-state index is 0.124. The minimum atomic E-state index is -3.74. The van der Waals surface area contributed by atoms with E-state index in [2.05, 4.69) is 21.8 Å². The SMILES string of the molecule is CCC#Cc1ncc(S(=O)(=O)Cl)cn1. The van der Waals surface area contributed by atoms with Crippen LogP contribution < -0.4 is 0 Å². The lowest BCUT2D eigenvalue weighted by molar-refractivity contribution is 0.608. The van der Waals surface area contributed by atoms with Gasteiger partial charge in [0.25, 0.3) is 9.05 Å². The van der Waals surface area contributed by atoms with Crippen LogP contribution in [0.1, 0.15) is 19.2 Å². The molecule has 6 heteroatoms. The normalized spacial score (nSPS) is 10.4. The smallest absolute Gasteiger partial charge is 0.228 e. The van der Waals surface area contributed by atoms with Crippen molar-refractivity contribution in [3.63, 3.8) is 0 Å². The molecule has 0 aliphatic carbocycles. The predicted molar refractivity (Wildman–Crippen MR) is 52.2 cm³/mol. The summed E-state index contributed by atoms with van der Waals surface area (Å²) in [7, 11) is 1.33. The summed E-state index contributed by atoms with van der Waals surface area (Å²) in [6.07, 6.45) is 2.96. The van der Waals surface area contributed by atoms with E-state index in [0.29, 0.717) is 6.42 Å². The Morgan fingerprint density at radius 1 is 1.43 bits per heavy atom. The highest BCUT2D eigenvalue weighted by molar-refractivity contribution is 8.13. The van der Waals surface area contributed by atoms with E-state index in [9.17, 15) is 8.42 Å². The van der Waals surface area contributed by atoms with Crippen molar-refractivity contribution < 1.29 is 8.42 Å². The second kappa shape index (κ2) is 4.40. The first-order valence-corrected chi connectivity index (χ1v) is 6.10. The second-order valence-corrected chi connectivity index (χ2v) is 4.90. The third-order valence-corrected chi connectivity index (χ3v) is 2.60. The summed E-state index contributed by atoms with van der Waals surface area (Å²) in [6.45, 7) is 1.89. The quantitative estimate of drug-likeness (QED) is 0.537. The summed E-state index contributed by atoms with van der Waals surface area (Å²) in [5.41, 5.74) is 0. The van der Waals surface area contributed by atoms with Gasteiger partial charge >= 0.3 is 0 Å². The van der Waals surface area contributed by atoms with E-state index in [1.54, 1.807) is 0 Å². The molecule has 0 unspecified atom stereocenters. The molecule has 1 aromatic heterocycles. The van der Waals surface area contributed by atoms with Crippen molar-refractivity contribution in [2.45, 2.75) is 18.2 Å². The monoisotopic (exact) mass is 230 g/mol. The van der Waals surface area contributed by atoms with E-state index in [1.807, 2.05) is 6.92 Å². The number of rotatable bonds is 1. The van der Waals surface area contributed by atoms with Crippen LogP contribution in [-0.4, -0.2) is 18.4 Å². The molecule has 0 saturated heterocycles. The van der Waals surface area contributed by atoms with E-state index in [1.165, 1.54) is 0 Å². The Bertz CT molecular complexity index is 470. The lowest BCUT2D eigenvalue weighted by atomic mass is 10.4. The Labute approximate surface area is 86.8 Å². The standard InChI is InChI=1S/C8H7ClN2O2S/c1-2-3-4-8-10-5-7(6-11-8)14(9,12)13/h5-6H,2H2,1H3. The van der Waals surface area contributed by atoms with Crippen molar-refractivity contribution in [1.82, 2.24) is 9.97 Å². The highest BCUT2D eigenvalue weighted by Crippen LogP contribution is 2.11. The molecule has 1 rings (SSSR count). The van der Waals surface area contributed by atoms with Crippen LogP contribution >= 0.6 is 10.7 Å². The lowest BCUT2D eigenvalue weighted by Crippen LogP contribution is -1.95. The molecular formula is C8H7ClN2O2S. The summed E-state index contributed by atoms with van der Waals surface area (Å²) in [5.74, 6) is 5.72. The van der Waals surface area contributed by atoms with Crippen molar-refractivity contribution >= 4 is 19.7 Å². The minimum Gasteiger partial charge on any atom is -0.228 e. The maximum absolute atomic E-state index is 10.8. The van der Waals surface area contributed by atoms with Crippen LogP contribution in [0.15, 0.2) is 17.3 Å². The van der Waals surface area contributed by atoms with Crippen LogP contribution in [0.25, 0.3) is 0 Å². The van der Waals surface area contributed by atoms with Gasteiger partial charge in [-0.05, 0) is 5.92 Å². The van der Waals surface area contributed by atoms with Gasteiger partial charge in [0.05, 0.1) is 12.4 Å². The van der Waals surface area contributed by atoms with Gasteiger partial charge in [0.1, 0.15) is 4.90 Å². The Morgan fingerprint density at radius 2 is 2.00 bits per heavy atom. The summed E-state index contributed by atoms with van der Waals surface area (Å²) in [5, 5.41) is 0. The van der Waals surface area contributed by atoms with Crippen LogP contribution in [0.5, 0.6) is 0 Å². The summed E-state index contributed by atoms with van der Waals surface area (Å²) >= 11 is 0. The zero-order valence-electron chi connectivity index (χ0n) is 7.36. The lowest BCUT2D eigenvalue weighted by Gasteiger charge is -1.93. The molecule has 0 aliphatic rings. The van der Waals surface area contributed by atoms with Crippen LogP contribution in [0.3, 0.4) is 0 Å². The zero-order valence-corrected chi connectivity index (χ0v) is 8.93. The number of hydrogen-bond acceptors (Lipinski definition) is 4. The fourth-order valence-electron chi connectivity index (χ4n) is 0.674. The highest BCUT2D eigenvalue weighted by Gasteiger charge is 2.10. The molecule has 14 heavy (non-hydrogen) atoms. The average molecular weight is 231 g/mol. The molecule has 1 heterocycles. The van der Waals surface area contributed by atoms with Gasteiger partial charge < -0.3 is 0 Å². The first kappa shape index (κ1) is 11.0. The maximum atomic E-state index is 10.8. The summed E-state index contributed by atoms with van der Waals surface area (Å²) in [4.78, 5) is 7.34. The fourth-order valence-corrected chi connectivity index (χ4v) is 1.27. The van der Waals surface area contributed by atoms with E-state index < -0.39 is 9.05 Å². The molecule has 0 radical (unpaired) electrons. The first-order chi connectivity index (χ1) is 6.54. The molecule has 0 aromatic carbocycles. The van der Waals surface area contributed by atoms with Gasteiger partial charge in [-0.15, -0.1) is 0 Å². The van der Waals surface area contributed by atoms with E-state index in [0.717, 1.165) is 12.4 Å². The van der Waals surface area contributed by atoms with Crippen LogP contribution in [0, 0.1) is 11.8 Å². The van der Waals surface area contributed by atoms with E-state index in [4.69, 9.17) is 10.7 Å². The van der Waals surface area contributed by atoms with Gasteiger partial charge in [-0.1, -0.05) is 12.8 Å². The molecule has 0 N–H and O–H groups in total. The molecule has 0 saturated carbocycles. The molecule has 4 nitrogen and oxygen atoms in total. The third kappa shape index (κ3) is 2.98. The molecule has 0 atom stereocenters. The van der Waals surface area contributed by atoms with Gasteiger partial charge in [0, 0.05) is 17.1 Å². The second-order valence-electron chi connectivity index (χ2n) is 2.34. The Balaban J connectivity index is 3.01. The Kier molecular flexibility index (Phi) is 3.44. The van der Waals surface area contributed by atoms with Crippen molar-refractivity contribution in [1.29, 1.82) is 0 Å². The van der Waals surface area contributed by atoms with Crippen molar-refractivity contribution in [2.24, 2.45) is 0 Å². The van der Waals surface area contributed by atoms with Gasteiger partial charge in [0.2, 0.25) is 5.82 Å². The van der Waals surface area contributed by atoms with Gasteiger partial charge in [-0.25, -0.2) is 18.4 Å². The summed E-state index contributed by atoms with van der Waals surface area (Å²) in [6, 6.07) is 0. The zero-order chi connectivity index (χ0) is 10.6. The molecule has 0 fully saturated rings. The predicted octanol–water partition coefficient (Wildman–Crippen LogP) is 1.17. The van der Waals surface area contributed by atoms with Crippen molar-refractivity contribution in [3.05, 3.63) is 18.2 Å². The molecule has 0 amide bonds. The van der Waals surface area contributed by atoms with Gasteiger partial charge in [-0.2, -0.15) is 0 Å². The maximum Gasteiger partial charge on any atom is 0.264 e. The van der Waals surface area contributed by atoms with Crippen molar-refractivity contribution in [3.8, 4) is 11.8 Å². The third-order valence-electron chi connectivity index (χ3n) is 1.29. The van der Waals surface area contributed by atoms with Crippen LogP contribution in [-0.2, 0) is 9.05 Å². The topological polar surface area (TPSA) is 59.9 Å². The van der Waals surface area contributed by atoms with Crippen molar-refractivity contribution in [2.75, 3.05) is 0 Å². The number of halogens is 1. The van der Waals surface area contributed by atoms with Crippen LogP contribution in [0.4, 0.5) is 0 Å². The number of aromatic nitrogens is 2. The first-order valence-electron chi connectivity index (χ1n) is 3.79. The van der Waals surface area contributed by atoms with Gasteiger partial charge in [-0.3, -0.25) is 0 Å². The molecule has 1 aromatic rings. The Morgan fingerprint density at radius 3 is 2.43 bits per heavy atom. The molecule has 0 spiro atoms. The molecule has 74 valence electrons. The number of hydrogen-bond donors (Lipinski definition) is 0.